The molecule has 0 aliphatic carbocycles. The van der Waals surface area contributed by atoms with Crippen LogP contribution in [0.2, 0.25) is 0 Å². The number of hydrogen-bond donors (Lipinski definition) is 0. The second-order valence-corrected chi connectivity index (χ2v) is 4.22. The molecule has 0 saturated carbocycles. The molecule has 0 saturated heterocycles. The van der Waals surface area contributed by atoms with Crippen LogP contribution in [-0.4, -0.2) is 21.9 Å². The predicted molar refractivity (Wildman–Crippen MR) is 61.3 cm³/mol. The van der Waals surface area contributed by atoms with Gasteiger partial charge in [0.2, 0.25) is 0 Å². The highest BCUT2D eigenvalue weighted by Crippen LogP contribution is 1.95. The summed E-state index contributed by atoms with van der Waals surface area (Å²) in [4.78, 5) is 0. The summed E-state index contributed by atoms with van der Waals surface area (Å²) < 4.78 is 0. The van der Waals surface area contributed by atoms with Gasteiger partial charge in [0.1, 0.15) is 0 Å². The van der Waals surface area contributed by atoms with Crippen LogP contribution < -0.4 is 0 Å². The molecule has 0 heterocycles. The molecular formula is C6H12Br3Cl. The van der Waals surface area contributed by atoms with Crippen LogP contribution in [0.4, 0.5) is 0 Å². The largest absolute Gasteiger partial charge is 0.126 e. The molecule has 64 valence electrons. The number of alkyl halides is 4. The molecule has 0 nitrogen and oxygen atoms in total. The van der Waals surface area contributed by atoms with E-state index in [-0.39, 0.29) is 0 Å². The molecule has 0 aromatic rings. The fourth-order valence-corrected chi connectivity index (χ4v) is 0.982. The summed E-state index contributed by atoms with van der Waals surface area (Å²) >= 11 is 14.9. The van der Waals surface area contributed by atoms with E-state index in [1.807, 2.05) is 0 Å². The summed E-state index contributed by atoms with van der Waals surface area (Å²) in [6.45, 7) is 0. The molecule has 0 spiro atoms. The standard InChI is InChI=1S/C4H8Br2.C2H4BrCl/c5-3-1-2-4-6;3-1-2-4/h1-4H2;1-2H2. The fraction of sp³-hybridized carbons (Fsp3) is 1.00. The third kappa shape index (κ3) is 22.6. The Balaban J connectivity index is 0. The molecule has 0 bridgehead atoms. The fourth-order valence-electron chi connectivity index (χ4n) is 0.189. The van der Waals surface area contributed by atoms with Crippen LogP contribution in [0.25, 0.3) is 0 Å². The molecule has 0 N–H and O–H groups in total. The molecule has 0 fully saturated rings. The highest BCUT2D eigenvalue weighted by molar-refractivity contribution is 9.09. The summed E-state index contributed by atoms with van der Waals surface area (Å²) in [6.07, 6.45) is 2.57. The van der Waals surface area contributed by atoms with E-state index < -0.39 is 0 Å². The maximum Gasteiger partial charge on any atom is 0.0320 e. The first-order chi connectivity index (χ1) is 4.83. The van der Waals surface area contributed by atoms with E-state index in [4.69, 9.17) is 11.6 Å². The van der Waals surface area contributed by atoms with E-state index in [1.54, 1.807) is 0 Å². The maximum absolute atomic E-state index is 5.14. The van der Waals surface area contributed by atoms with E-state index in [0.717, 1.165) is 16.0 Å². The van der Waals surface area contributed by atoms with Gasteiger partial charge in [0.05, 0.1) is 0 Å². The van der Waals surface area contributed by atoms with E-state index >= 15 is 0 Å². The van der Waals surface area contributed by atoms with Gasteiger partial charge < -0.3 is 0 Å². The first-order valence-corrected chi connectivity index (χ1v) is 6.97. The minimum Gasteiger partial charge on any atom is -0.126 e. The highest BCUT2D eigenvalue weighted by atomic mass is 79.9. The molecular weight excluding hydrogens is 347 g/mol. The normalized spacial score (nSPS) is 8.40. The van der Waals surface area contributed by atoms with Crippen LogP contribution in [0.15, 0.2) is 0 Å². The van der Waals surface area contributed by atoms with Crippen molar-refractivity contribution in [2.24, 2.45) is 0 Å². The molecule has 0 aromatic heterocycles. The van der Waals surface area contributed by atoms with Gasteiger partial charge in [-0.25, -0.2) is 0 Å². The lowest BCUT2D eigenvalue weighted by Crippen LogP contribution is -1.73. The topological polar surface area (TPSA) is 0 Å². The van der Waals surface area contributed by atoms with E-state index in [1.165, 1.54) is 12.8 Å². The second kappa shape index (κ2) is 17.0. The van der Waals surface area contributed by atoms with Crippen molar-refractivity contribution in [3.8, 4) is 0 Å². The number of unbranched alkanes of at least 4 members (excludes halogenated alkanes) is 1. The van der Waals surface area contributed by atoms with Crippen molar-refractivity contribution < 1.29 is 0 Å². The van der Waals surface area contributed by atoms with Crippen molar-refractivity contribution in [3.05, 3.63) is 0 Å². The summed E-state index contributed by atoms with van der Waals surface area (Å²) in [5.74, 6) is 0.708. The molecule has 4 heteroatoms. The SMILES string of the molecule is BrCCCCBr.ClCCBr. The first-order valence-electron chi connectivity index (χ1n) is 3.07. The molecule has 0 amide bonds. The molecule has 0 aliphatic heterocycles. The summed E-state index contributed by atoms with van der Waals surface area (Å²) in [5.41, 5.74) is 0. The van der Waals surface area contributed by atoms with E-state index in [9.17, 15) is 0 Å². The third-order valence-electron chi connectivity index (χ3n) is 0.589. The van der Waals surface area contributed by atoms with Gasteiger partial charge in [-0.2, -0.15) is 0 Å². The van der Waals surface area contributed by atoms with Crippen LogP contribution >= 0.6 is 59.4 Å². The zero-order chi connectivity index (χ0) is 8.24. The van der Waals surface area contributed by atoms with Gasteiger partial charge in [0.15, 0.2) is 0 Å². The van der Waals surface area contributed by atoms with Gasteiger partial charge in [-0.1, -0.05) is 47.8 Å². The lowest BCUT2D eigenvalue weighted by molar-refractivity contribution is 0.919. The summed E-state index contributed by atoms with van der Waals surface area (Å²) in [7, 11) is 0. The first kappa shape index (κ1) is 14.3. The van der Waals surface area contributed by atoms with Crippen LogP contribution in [0, 0.1) is 0 Å². The summed E-state index contributed by atoms with van der Waals surface area (Å²) in [6, 6.07) is 0. The Bertz CT molecular complexity index is 38.0. The zero-order valence-corrected chi connectivity index (χ0v) is 11.3. The quantitative estimate of drug-likeness (QED) is 0.522. The predicted octanol–water partition coefficient (Wildman–Crippen LogP) is 4.18. The van der Waals surface area contributed by atoms with Gasteiger partial charge in [0.25, 0.3) is 0 Å². The highest BCUT2D eigenvalue weighted by Gasteiger charge is 1.77. The Morgan fingerprint density at radius 3 is 1.20 bits per heavy atom. The van der Waals surface area contributed by atoms with Gasteiger partial charge in [0, 0.05) is 21.9 Å². The van der Waals surface area contributed by atoms with Crippen molar-refractivity contribution >= 4 is 59.4 Å². The Hall–Kier alpha value is 1.73. The second-order valence-electron chi connectivity index (χ2n) is 1.46. The average Bonchev–Trinajstić information content (AvgIpc) is 2.01. The smallest absolute Gasteiger partial charge is 0.0320 e. The van der Waals surface area contributed by atoms with Gasteiger partial charge in [-0.15, -0.1) is 11.6 Å². The number of halogens is 4. The molecule has 0 atom stereocenters. The lowest BCUT2D eigenvalue weighted by atomic mass is 10.4. The monoisotopic (exact) mass is 356 g/mol. The molecule has 0 rings (SSSR count). The van der Waals surface area contributed by atoms with Gasteiger partial charge in [-0.05, 0) is 12.8 Å². The van der Waals surface area contributed by atoms with Crippen LogP contribution in [0.3, 0.4) is 0 Å². The number of rotatable bonds is 4. The van der Waals surface area contributed by atoms with Gasteiger partial charge in [-0.3, -0.25) is 0 Å². The zero-order valence-electron chi connectivity index (χ0n) is 5.75. The van der Waals surface area contributed by atoms with Crippen molar-refractivity contribution in [2.75, 3.05) is 21.9 Å². The minimum atomic E-state index is 0.708. The Morgan fingerprint density at radius 2 is 1.10 bits per heavy atom. The van der Waals surface area contributed by atoms with Crippen LogP contribution in [-0.2, 0) is 0 Å². The average molecular weight is 359 g/mol. The third-order valence-corrected chi connectivity index (χ3v) is 2.75. The maximum atomic E-state index is 5.14. The van der Waals surface area contributed by atoms with Crippen molar-refractivity contribution in [1.82, 2.24) is 0 Å². The van der Waals surface area contributed by atoms with Crippen LogP contribution in [0.5, 0.6) is 0 Å². The Kier molecular flexibility index (Phi) is 24.3. The Morgan fingerprint density at radius 1 is 0.800 bits per heavy atom. The molecule has 10 heavy (non-hydrogen) atoms. The lowest BCUT2D eigenvalue weighted by Gasteiger charge is -1.83. The molecule has 0 unspecified atom stereocenters. The van der Waals surface area contributed by atoms with Gasteiger partial charge >= 0.3 is 0 Å². The molecule has 0 aromatic carbocycles. The van der Waals surface area contributed by atoms with E-state index in [2.05, 4.69) is 47.8 Å². The number of hydrogen-bond acceptors (Lipinski definition) is 0. The van der Waals surface area contributed by atoms with Crippen molar-refractivity contribution in [2.45, 2.75) is 12.8 Å². The van der Waals surface area contributed by atoms with Crippen LogP contribution in [0.1, 0.15) is 12.8 Å². The van der Waals surface area contributed by atoms with E-state index in [0.29, 0.717) is 5.88 Å². The Labute approximate surface area is 93.5 Å². The summed E-state index contributed by atoms with van der Waals surface area (Å²) in [5, 5.41) is 3.17. The molecule has 0 radical (unpaired) electrons. The minimum absolute atomic E-state index is 0.708. The van der Waals surface area contributed by atoms with Crippen molar-refractivity contribution in [1.29, 1.82) is 0 Å². The molecule has 0 aliphatic rings. The van der Waals surface area contributed by atoms with Crippen molar-refractivity contribution in [3.63, 3.8) is 0 Å².